The normalized spacial score (nSPS) is 8.42. The van der Waals surface area contributed by atoms with E-state index >= 15 is 0 Å². The van der Waals surface area contributed by atoms with Crippen molar-refractivity contribution in [2.24, 2.45) is 0 Å². The van der Waals surface area contributed by atoms with Crippen LogP contribution in [0.3, 0.4) is 0 Å². The quantitative estimate of drug-likeness (QED) is 0.613. The Morgan fingerprint density at radius 1 is 0.632 bits per heavy atom. The molecule has 2 rings (SSSR count). The minimum absolute atomic E-state index is 0. The fourth-order valence-corrected chi connectivity index (χ4v) is 1.42. The molecule has 0 saturated heterocycles. The molecule has 2 aromatic carbocycles. The Kier molecular flexibility index (Phi) is 9.14. The number of thiocarbonyl (C=S) groups is 2. The molecule has 0 radical (unpaired) electrons. The molecule has 19 heavy (non-hydrogen) atoms. The van der Waals surface area contributed by atoms with E-state index < -0.39 is 0 Å². The van der Waals surface area contributed by atoms with Crippen molar-refractivity contribution in [3.05, 3.63) is 71.8 Å². The molecule has 0 aliphatic rings. The second kappa shape index (κ2) is 9.73. The van der Waals surface area contributed by atoms with Gasteiger partial charge in [-0.2, -0.15) is 0 Å². The molecule has 5 heteroatoms. The van der Waals surface area contributed by atoms with Crippen molar-refractivity contribution in [1.29, 1.82) is 0 Å². The molecular formula is C14H10O2S2Zn. The van der Waals surface area contributed by atoms with Crippen LogP contribution in [0.25, 0.3) is 0 Å². The van der Waals surface area contributed by atoms with Crippen LogP contribution in [0.1, 0.15) is 11.1 Å². The standard InChI is InChI=1S/2C7H6OS.Zn/c2*8-7(9)6-4-2-1-3-5-6;/h2*1-5H,(H,8,9);/q;;+2/p-2. The molecule has 0 atom stereocenters. The second-order valence-electron chi connectivity index (χ2n) is 3.31. The van der Waals surface area contributed by atoms with Crippen molar-refractivity contribution in [2.75, 3.05) is 0 Å². The Morgan fingerprint density at radius 3 is 1.05 bits per heavy atom. The van der Waals surface area contributed by atoms with Crippen molar-refractivity contribution >= 4 is 34.5 Å². The van der Waals surface area contributed by atoms with Crippen molar-refractivity contribution in [3.8, 4) is 0 Å². The van der Waals surface area contributed by atoms with Crippen molar-refractivity contribution in [2.45, 2.75) is 0 Å². The average Bonchev–Trinajstić information content (AvgIpc) is 2.41. The molecule has 0 bridgehead atoms. The maximum atomic E-state index is 10.5. The third kappa shape index (κ3) is 7.11. The van der Waals surface area contributed by atoms with E-state index in [9.17, 15) is 10.2 Å². The molecule has 2 aromatic rings. The van der Waals surface area contributed by atoms with Gasteiger partial charge in [-0.1, -0.05) is 85.1 Å². The van der Waals surface area contributed by atoms with E-state index in [0.29, 0.717) is 11.1 Å². The van der Waals surface area contributed by atoms with E-state index in [1.54, 1.807) is 48.5 Å². The fraction of sp³-hybridized carbons (Fsp3) is 0. The third-order valence-electron chi connectivity index (χ3n) is 2.02. The Labute approximate surface area is 135 Å². The summed E-state index contributed by atoms with van der Waals surface area (Å²) in [6, 6.07) is 17.7. The average molecular weight is 340 g/mol. The maximum Gasteiger partial charge on any atom is 2.00 e. The fourth-order valence-electron chi connectivity index (χ4n) is 1.15. The van der Waals surface area contributed by atoms with Gasteiger partial charge in [0.05, 0.1) is 0 Å². The zero-order valence-electron chi connectivity index (χ0n) is 10.1. The van der Waals surface area contributed by atoms with Gasteiger partial charge < -0.3 is 10.2 Å². The minimum atomic E-state index is -0.296. The van der Waals surface area contributed by atoms with Crippen molar-refractivity contribution < 1.29 is 29.7 Å². The van der Waals surface area contributed by atoms with Gasteiger partial charge in [0, 0.05) is 0 Å². The summed E-state index contributed by atoms with van der Waals surface area (Å²) in [7, 11) is 0. The summed E-state index contributed by atoms with van der Waals surface area (Å²) in [4.78, 5) is 0. The van der Waals surface area contributed by atoms with E-state index in [1.807, 2.05) is 12.1 Å². The van der Waals surface area contributed by atoms with Gasteiger partial charge in [-0.25, -0.2) is 0 Å². The molecule has 0 aliphatic heterocycles. The number of benzene rings is 2. The van der Waals surface area contributed by atoms with Crippen LogP contribution in [-0.2, 0) is 19.5 Å². The summed E-state index contributed by atoms with van der Waals surface area (Å²) in [6.45, 7) is 0. The Morgan fingerprint density at radius 2 is 0.895 bits per heavy atom. The van der Waals surface area contributed by atoms with Crippen LogP contribution in [0, 0.1) is 0 Å². The van der Waals surface area contributed by atoms with Crippen LogP contribution in [0.2, 0.25) is 0 Å². The molecular weight excluding hydrogens is 330 g/mol. The molecule has 0 heterocycles. The zero-order valence-corrected chi connectivity index (χ0v) is 14.7. The topological polar surface area (TPSA) is 46.1 Å². The smallest absolute Gasteiger partial charge is 0.864 e. The summed E-state index contributed by atoms with van der Waals surface area (Å²) in [5, 5.41) is 20.3. The molecule has 0 fully saturated rings. The van der Waals surface area contributed by atoms with Gasteiger partial charge >= 0.3 is 19.5 Å². The minimum Gasteiger partial charge on any atom is -0.864 e. The first-order valence-electron chi connectivity index (χ1n) is 5.14. The predicted octanol–water partition coefficient (Wildman–Crippen LogP) is 1.44. The Hall–Kier alpha value is -1.16. The summed E-state index contributed by atoms with van der Waals surface area (Å²) < 4.78 is 0. The van der Waals surface area contributed by atoms with Crippen molar-refractivity contribution in [1.82, 2.24) is 0 Å². The number of rotatable bonds is 2. The van der Waals surface area contributed by atoms with Crippen LogP contribution < -0.4 is 10.2 Å². The Bertz CT molecular complexity index is 466. The first-order valence-corrected chi connectivity index (χ1v) is 5.95. The molecule has 2 nitrogen and oxygen atoms in total. The summed E-state index contributed by atoms with van der Waals surface area (Å²) in [5.41, 5.74) is 1.18. The Balaban J connectivity index is 0.000000324. The van der Waals surface area contributed by atoms with Crippen LogP contribution in [0.4, 0.5) is 0 Å². The molecule has 0 unspecified atom stereocenters. The zero-order chi connectivity index (χ0) is 13.4. The van der Waals surface area contributed by atoms with E-state index in [4.69, 9.17) is 0 Å². The molecule has 0 aliphatic carbocycles. The first kappa shape index (κ1) is 17.8. The predicted molar refractivity (Wildman–Crippen MR) is 76.3 cm³/mol. The first-order chi connectivity index (χ1) is 8.61. The van der Waals surface area contributed by atoms with Crippen molar-refractivity contribution in [3.63, 3.8) is 0 Å². The van der Waals surface area contributed by atoms with Crippen LogP contribution in [0.5, 0.6) is 0 Å². The van der Waals surface area contributed by atoms with E-state index in [0.717, 1.165) is 0 Å². The van der Waals surface area contributed by atoms with Gasteiger partial charge in [-0.3, -0.25) is 0 Å². The molecule has 0 aromatic heterocycles. The number of hydrogen-bond donors (Lipinski definition) is 0. The van der Waals surface area contributed by atoms with Gasteiger partial charge in [-0.05, 0) is 21.2 Å². The van der Waals surface area contributed by atoms with Crippen LogP contribution in [-0.4, -0.2) is 10.1 Å². The maximum absolute atomic E-state index is 10.5. The second-order valence-corrected chi connectivity index (χ2v) is 4.05. The van der Waals surface area contributed by atoms with E-state index in [-0.39, 0.29) is 29.6 Å². The van der Waals surface area contributed by atoms with Crippen LogP contribution >= 0.6 is 24.4 Å². The summed E-state index contributed by atoms with van der Waals surface area (Å²) in [6.07, 6.45) is 0. The molecule has 0 spiro atoms. The van der Waals surface area contributed by atoms with Gasteiger partial charge in [0.1, 0.15) is 0 Å². The van der Waals surface area contributed by atoms with Gasteiger partial charge in [0.25, 0.3) is 0 Å². The third-order valence-corrected chi connectivity index (χ3v) is 2.49. The van der Waals surface area contributed by atoms with E-state index in [1.165, 1.54) is 0 Å². The molecule has 0 saturated carbocycles. The van der Waals surface area contributed by atoms with Gasteiger partial charge in [-0.15, -0.1) is 0 Å². The van der Waals surface area contributed by atoms with E-state index in [2.05, 4.69) is 24.4 Å². The molecule has 92 valence electrons. The summed E-state index contributed by atoms with van der Waals surface area (Å²) >= 11 is 8.81. The SMILES string of the molecule is [O-]C(=S)c1ccccc1.[O-]C(=S)c1ccccc1.[Zn+2]. The monoisotopic (exact) mass is 338 g/mol. The number of hydrogen-bond acceptors (Lipinski definition) is 4. The summed E-state index contributed by atoms with van der Waals surface area (Å²) in [5.74, 6) is 0. The largest absolute Gasteiger partial charge is 2.00 e. The van der Waals surface area contributed by atoms with Gasteiger partial charge in [0.2, 0.25) is 0 Å². The van der Waals surface area contributed by atoms with Gasteiger partial charge in [0.15, 0.2) is 0 Å². The molecule has 0 amide bonds. The van der Waals surface area contributed by atoms with Crippen LogP contribution in [0.15, 0.2) is 60.7 Å². The molecule has 0 N–H and O–H groups in total.